The van der Waals surface area contributed by atoms with Crippen LogP contribution in [0.3, 0.4) is 0 Å². The fraction of sp³-hybridized carbons (Fsp3) is 0.500. The molecule has 0 bridgehead atoms. The lowest BCUT2D eigenvalue weighted by Crippen LogP contribution is -2.64. The summed E-state index contributed by atoms with van der Waals surface area (Å²) in [6, 6.07) is 0.790. The standard InChI is InChI=1S/C18H20F3NO5/c1-9(2)22(16(26)27)6-5-17(4,15(24)25)14(23)11-7-10(3)12(8-13(11)22)18(19,20)21/h7-9H,5-6H2,1-4H3,(H-,24,25,26,27). The lowest BCUT2D eigenvalue weighted by Gasteiger charge is -2.41. The highest BCUT2D eigenvalue weighted by molar-refractivity contribution is 6.15. The normalized spacial score (nSPS) is 25.9. The minimum Gasteiger partial charge on any atom is -0.498 e. The number of carboxylic acids is 1. The van der Waals surface area contributed by atoms with Gasteiger partial charge in [-0.2, -0.15) is 13.2 Å². The molecule has 2 rings (SSSR count). The molecule has 9 heteroatoms. The monoisotopic (exact) mass is 387 g/mol. The number of amides is 1. The van der Waals surface area contributed by atoms with Crippen LogP contribution < -0.4 is 9.59 Å². The van der Waals surface area contributed by atoms with E-state index in [2.05, 4.69) is 0 Å². The lowest BCUT2D eigenvalue weighted by atomic mass is 9.79. The molecular formula is C18H20F3NO5. The molecule has 6 nitrogen and oxygen atoms in total. The number of alkyl halides is 3. The van der Waals surface area contributed by atoms with Crippen LogP contribution in [-0.2, 0) is 11.0 Å². The van der Waals surface area contributed by atoms with Gasteiger partial charge in [0.25, 0.3) is 6.09 Å². The second-order valence-corrected chi connectivity index (χ2v) is 7.35. The van der Waals surface area contributed by atoms with Crippen molar-refractivity contribution < 1.29 is 37.8 Å². The number of halogens is 3. The van der Waals surface area contributed by atoms with Gasteiger partial charge in [0.15, 0.2) is 11.5 Å². The number of aryl methyl sites for hydroxylation is 1. The smallest absolute Gasteiger partial charge is 0.416 e. The van der Waals surface area contributed by atoms with E-state index in [4.69, 9.17) is 0 Å². The maximum absolute atomic E-state index is 13.4. The molecule has 1 aliphatic rings. The number of hydrogen-bond acceptors (Lipinski definition) is 4. The Bertz CT molecular complexity index is 833. The van der Waals surface area contributed by atoms with Gasteiger partial charge in [-0.3, -0.25) is 9.59 Å². The molecule has 1 aromatic rings. The molecule has 2 unspecified atom stereocenters. The zero-order chi connectivity index (χ0) is 20.9. The zero-order valence-corrected chi connectivity index (χ0v) is 15.3. The van der Waals surface area contributed by atoms with Crippen molar-refractivity contribution in [2.45, 2.75) is 46.3 Å². The summed E-state index contributed by atoms with van der Waals surface area (Å²) in [5, 5.41) is 21.6. The molecule has 0 spiro atoms. The van der Waals surface area contributed by atoms with Crippen molar-refractivity contribution in [1.82, 2.24) is 4.48 Å². The zero-order valence-electron chi connectivity index (χ0n) is 15.3. The number of rotatable bonds is 2. The SMILES string of the molecule is Cc1cc2c(cc1C(F)(F)F)[N+](C(=O)[O-])(C(C)C)CCC(C)(C(=O)O)C2=O. The van der Waals surface area contributed by atoms with Crippen LogP contribution in [0, 0.1) is 12.3 Å². The van der Waals surface area contributed by atoms with Crippen LogP contribution in [0.1, 0.15) is 48.7 Å². The molecule has 1 aliphatic heterocycles. The average molecular weight is 387 g/mol. The minimum atomic E-state index is -4.76. The van der Waals surface area contributed by atoms with Gasteiger partial charge in [0.1, 0.15) is 5.41 Å². The lowest BCUT2D eigenvalue weighted by molar-refractivity contribution is -0.266. The van der Waals surface area contributed by atoms with Crippen molar-refractivity contribution in [3.05, 3.63) is 28.8 Å². The van der Waals surface area contributed by atoms with Gasteiger partial charge >= 0.3 is 12.1 Å². The number of Topliss-reactive ketones (excluding diaryl/α,β-unsaturated/α-hetero) is 1. The number of carbonyl (C=O) groups is 3. The first kappa shape index (κ1) is 20.9. The molecule has 0 saturated heterocycles. The Morgan fingerprint density at radius 1 is 1.30 bits per heavy atom. The Kier molecular flexibility index (Phi) is 4.90. The number of quaternary nitrogens is 1. The van der Waals surface area contributed by atoms with Crippen molar-refractivity contribution >= 4 is 23.5 Å². The fourth-order valence-corrected chi connectivity index (χ4v) is 3.59. The third-order valence-electron chi connectivity index (χ3n) is 5.47. The van der Waals surface area contributed by atoms with Crippen LogP contribution in [0.15, 0.2) is 12.1 Å². The molecule has 2 atom stereocenters. The van der Waals surface area contributed by atoms with Gasteiger partial charge in [0.05, 0.1) is 23.7 Å². The second-order valence-electron chi connectivity index (χ2n) is 7.35. The molecule has 1 amide bonds. The van der Waals surface area contributed by atoms with Gasteiger partial charge in [0, 0.05) is 12.5 Å². The van der Waals surface area contributed by atoms with Gasteiger partial charge in [-0.25, -0.2) is 4.48 Å². The van der Waals surface area contributed by atoms with E-state index in [1.54, 1.807) is 0 Å². The van der Waals surface area contributed by atoms with E-state index in [9.17, 15) is 37.8 Å². The van der Waals surface area contributed by atoms with Gasteiger partial charge < -0.3 is 15.0 Å². The summed E-state index contributed by atoms with van der Waals surface area (Å²) in [5.74, 6) is -2.37. The Morgan fingerprint density at radius 3 is 2.26 bits per heavy atom. The molecule has 148 valence electrons. The number of nitrogens with zero attached hydrogens (tertiary/aromatic N) is 1. The highest BCUT2D eigenvalue weighted by Gasteiger charge is 2.53. The maximum atomic E-state index is 13.4. The van der Waals surface area contributed by atoms with Crippen molar-refractivity contribution in [3.8, 4) is 0 Å². The molecule has 0 fully saturated rings. The van der Waals surface area contributed by atoms with E-state index in [0.29, 0.717) is 6.07 Å². The average Bonchev–Trinajstić information content (AvgIpc) is 2.61. The predicted molar refractivity (Wildman–Crippen MR) is 88.1 cm³/mol. The largest absolute Gasteiger partial charge is 0.498 e. The van der Waals surface area contributed by atoms with Crippen LogP contribution in [0.2, 0.25) is 0 Å². The molecule has 0 radical (unpaired) electrons. The summed E-state index contributed by atoms with van der Waals surface area (Å²) in [7, 11) is 0. The molecule has 0 aromatic heterocycles. The van der Waals surface area contributed by atoms with Crippen LogP contribution in [0.5, 0.6) is 0 Å². The Balaban J connectivity index is 2.98. The Hall–Kier alpha value is -2.42. The Morgan fingerprint density at radius 2 is 1.85 bits per heavy atom. The van der Waals surface area contributed by atoms with Gasteiger partial charge in [-0.05, 0) is 39.3 Å². The van der Waals surface area contributed by atoms with Gasteiger partial charge in [-0.1, -0.05) is 0 Å². The van der Waals surface area contributed by atoms with Gasteiger partial charge in [0.2, 0.25) is 0 Å². The van der Waals surface area contributed by atoms with E-state index < -0.39 is 51.2 Å². The molecule has 1 heterocycles. The molecule has 1 aromatic carbocycles. The summed E-state index contributed by atoms with van der Waals surface area (Å²) in [5.41, 5.74) is -4.04. The number of hydrogen-bond donors (Lipinski definition) is 1. The number of ketones is 1. The predicted octanol–water partition coefficient (Wildman–Crippen LogP) is 2.75. The third kappa shape index (κ3) is 2.99. The van der Waals surface area contributed by atoms with E-state index in [1.165, 1.54) is 13.8 Å². The molecule has 27 heavy (non-hydrogen) atoms. The quantitative estimate of drug-likeness (QED) is 0.622. The number of fused-ring (bicyclic) bond motifs is 1. The first-order chi connectivity index (χ1) is 12.2. The van der Waals surface area contributed by atoms with Crippen LogP contribution in [0.25, 0.3) is 0 Å². The van der Waals surface area contributed by atoms with Crippen molar-refractivity contribution in [2.24, 2.45) is 5.41 Å². The van der Waals surface area contributed by atoms with Crippen LogP contribution in [0.4, 0.5) is 23.7 Å². The number of aliphatic carboxylic acids is 1. The third-order valence-corrected chi connectivity index (χ3v) is 5.47. The number of carboxylic acid groups (broad SMARTS) is 2. The van der Waals surface area contributed by atoms with E-state index in [-0.39, 0.29) is 24.1 Å². The van der Waals surface area contributed by atoms with Crippen molar-refractivity contribution in [2.75, 3.05) is 6.54 Å². The summed E-state index contributed by atoms with van der Waals surface area (Å²) in [6.07, 6.45) is -6.81. The minimum absolute atomic E-state index is 0.288. The Labute approximate surface area is 153 Å². The van der Waals surface area contributed by atoms with Crippen LogP contribution in [-0.4, -0.2) is 35.5 Å². The van der Waals surface area contributed by atoms with Crippen LogP contribution >= 0.6 is 0 Å². The van der Waals surface area contributed by atoms with Crippen molar-refractivity contribution in [3.63, 3.8) is 0 Å². The second kappa shape index (κ2) is 6.33. The highest BCUT2D eigenvalue weighted by atomic mass is 19.4. The van der Waals surface area contributed by atoms with E-state index in [0.717, 1.165) is 19.9 Å². The molecular weight excluding hydrogens is 367 g/mol. The van der Waals surface area contributed by atoms with Crippen molar-refractivity contribution in [1.29, 1.82) is 0 Å². The molecule has 0 aliphatic carbocycles. The summed E-state index contributed by atoms with van der Waals surface area (Å²) >= 11 is 0. The topological polar surface area (TPSA) is 94.5 Å². The molecule has 1 N–H and O–H groups in total. The first-order valence-corrected chi connectivity index (χ1v) is 8.29. The summed E-state index contributed by atoms with van der Waals surface area (Å²) in [6.45, 7) is 4.86. The summed E-state index contributed by atoms with van der Waals surface area (Å²) in [4.78, 5) is 36.8. The molecule has 0 saturated carbocycles. The maximum Gasteiger partial charge on any atom is 0.416 e. The first-order valence-electron chi connectivity index (χ1n) is 8.29. The fourth-order valence-electron chi connectivity index (χ4n) is 3.59. The number of carbonyl (C=O) groups excluding carboxylic acids is 2. The highest BCUT2D eigenvalue weighted by Crippen LogP contribution is 2.45. The van der Waals surface area contributed by atoms with Gasteiger partial charge in [-0.15, -0.1) is 0 Å². The van der Waals surface area contributed by atoms with E-state index >= 15 is 0 Å². The summed E-state index contributed by atoms with van der Waals surface area (Å²) < 4.78 is 39.1. The number of benzene rings is 1. The van der Waals surface area contributed by atoms with E-state index in [1.807, 2.05) is 0 Å².